The fraction of sp³-hybridized carbons (Fsp3) is 0.471. The summed E-state index contributed by atoms with van der Waals surface area (Å²) in [5.74, 6) is 1.27. The lowest BCUT2D eigenvalue weighted by atomic mass is 10.1. The molecule has 0 unspecified atom stereocenters. The molecule has 1 N–H and O–H groups in total. The summed E-state index contributed by atoms with van der Waals surface area (Å²) < 4.78 is 2.05. The molecule has 0 bridgehead atoms. The smallest absolute Gasteiger partial charge is 0.131 e. The van der Waals surface area contributed by atoms with Crippen LogP contribution in [0.5, 0.6) is 0 Å². The van der Waals surface area contributed by atoms with E-state index < -0.39 is 0 Å². The van der Waals surface area contributed by atoms with Gasteiger partial charge in [-0.05, 0) is 30.9 Å². The predicted octanol–water partition coefficient (Wildman–Crippen LogP) is 2.50. The lowest BCUT2D eigenvalue weighted by molar-refractivity contribution is 0.676. The van der Waals surface area contributed by atoms with Gasteiger partial charge >= 0.3 is 0 Å². The maximum absolute atomic E-state index is 4.65. The van der Waals surface area contributed by atoms with Gasteiger partial charge in [0.2, 0.25) is 0 Å². The average Bonchev–Trinajstić information content (AvgIpc) is 3.12. The Morgan fingerprint density at radius 3 is 2.48 bits per heavy atom. The van der Waals surface area contributed by atoms with Crippen LogP contribution >= 0.6 is 0 Å². The normalized spacial score (nSPS) is 17.3. The van der Waals surface area contributed by atoms with Gasteiger partial charge in [-0.25, -0.2) is 0 Å². The van der Waals surface area contributed by atoms with Crippen molar-refractivity contribution in [3.05, 3.63) is 46.6 Å². The van der Waals surface area contributed by atoms with Gasteiger partial charge in [0.1, 0.15) is 5.82 Å². The standard InChI is InChI=1S/C17H22N4/c1-12-16(9-18-15-7-8-15)17(20(2)19-12)21-10-13-5-3-4-6-14(13)11-21/h3-6,15,18H,7-11H2,1-2H3. The highest BCUT2D eigenvalue weighted by atomic mass is 15.4. The van der Waals surface area contributed by atoms with E-state index in [1.54, 1.807) is 0 Å². The molecule has 1 saturated carbocycles. The molecule has 1 aromatic carbocycles. The second kappa shape index (κ2) is 4.88. The molecule has 2 heterocycles. The molecule has 2 aromatic rings. The van der Waals surface area contributed by atoms with Crippen molar-refractivity contribution in [3.63, 3.8) is 0 Å². The Balaban J connectivity index is 1.62. The van der Waals surface area contributed by atoms with E-state index in [4.69, 9.17) is 0 Å². The maximum Gasteiger partial charge on any atom is 0.131 e. The first-order valence-corrected chi connectivity index (χ1v) is 7.80. The number of benzene rings is 1. The van der Waals surface area contributed by atoms with Gasteiger partial charge in [0.25, 0.3) is 0 Å². The first-order chi connectivity index (χ1) is 10.2. The van der Waals surface area contributed by atoms with Crippen molar-refractivity contribution >= 4 is 5.82 Å². The molecule has 4 rings (SSSR count). The zero-order valence-electron chi connectivity index (χ0n) is 12.8. The van der Waals surface area contributed by atoms with Crippen LogP contribution in [0.1, 0.15) is 35.2 Å². The van der Waals surface area contributed by atoms with Crippen LogP contribution in [-0.4, -0.2) is 15.8 Å². The molecule has 110 valence electrons. The Kier molecular flexibility index (Phi) is 3.00. The highest BCUT2D eigenvalue weighted by Crippen LogP contribution is 2.32. The summed E-state index contributed by atoms with van der Waals surface area (Å²) in [6, 6.07) is 9.47. The number of anilines is 1. The molecule has 0 radical (unpaired) electrons. The molecule has 0 saturated heterocycles. The summed E-state index contributed by atoms with van der Waals surface area (Å²) in [4.78, 5) is 2.45. The number of rotatable bonds is 4. The highest BCUT2D eigenvalue weighted by Gasteiger charge is 2.27. The van der Waals surface area contributed by atoms with Crippen molar-refractivity contribution in [2.24, 2.45) is 7.05 Å². The van der Waals surface area contributed by atoms with E-state index in [0.29, 0.717) is 0 Å². The van der Waals surface area contributed by atoms with E-state index in [-0.39, 0.29) is 0 Å². The molecule has 1 aromatic heterocycles. The van der Waals surface area contributed by atoms with E-state index in [9.17, 15) is 0 Å². The van der Waals surface area contributed by atoms with Crippen molar-refractivity contribution in [1.29, 1.82) is 0 Å². The van der Waals surface area contributed by atoms with E-state index in [2.05, 4.69) is 53.6 Å². The molecule has 21 heavy (non-hydrogen) atoms. The number of nitrogens with zero attached hydrogens (tertiary/aromatic N) is 3. The zero-order valence-corrected chi connectivity index (χ0v) is 12.8. The predicted molar refractivity (Wildman–Crippen MR) is 84.1 cm³/mol. The molecule has 1 aliphatic carbocycles. The van der Waals surface area contributed by atoms with Crippen molar-refractivity contribution < 1.29 is 0 Å². The molecule has 4 heteroatoms. The molecule has 1 fully saturated rings. The minimum Gasteiger partial charge on any atom is -0.348 e. The number of aryl methyl sites for hydroxylation is 2. The van der Waals surface area contributed by atoms with Crippen molar-refractivity contribution in [2.75, 3.05) is 4.90 Å². The summed E-state index contributed by atoms with van der Waals surface area (Å²) in [5.41, 5.74) is 5.39. The Morgan fingerprint density at radius 2 is 1.86 bits per heavy atom. The van der Waals surface area contributed by atoms with Gasteiger partial charge in [0.05, 0.1) is 5.69 Å². The molecule has 2 aliphatic rings. The van der Waals surface area contributed by atoms with Crippen molar-refractivity contribution in [3.8, 4) is 0 Å². The molecule has 4 nitrogen and oxygen atoms in total. The van der Waals surface area contributed by atoms with Crippen LogP contribution in [0, 0.1) is 6.92 Å². The van der Waals surface area contributed by atoms with Crippen molar-refractivity contribution in [1.82, 2.24) is 15.1 Å². The Hall–Kier alpha value is -1.81. The monoisotopic (exact) mass is 282 g/mol. The fourth-order valence-corrected chi connectivity index (χ4v) is 3.31. The van der Waals surface area contributed by atoms with Gasteiger partial charge in [-0.2, -0.15) is 5.10 Å². The number of hydrogen-bond donors (Lipinski definition) is 1. The van der Waals surface area contributed by atoms with Gasteiger partial charge < -0.3 is 10.2 Å². The third kappa shape index (κ3) is 2.33. The SMILES string of the molecule is Cc1nn(C)c(N2Cc3ccccc3C2)c1CNC1CC1. The van der Waals surface area contributed by atoms with Crippen LogP contribution in [0.3, 0.4) is 0 Å². The number of aromatic nitrogens is 2. The Morgan fingerprint density at radius 1 is 1.19 bits per heavy atom. The van der Waals surface area contributed by atoms with Crippen LogP contribution < -0.4 is 10.2 Å². The van der Waals surface area contributed by atoms with Crippen LogP contribution in [0.2, 0.25) is 0 Å². The van der Waals surface area contributed by atoms with Gasteiger partial charge in [-0.3, -0.25) is 4.68 Å². The van der Waals surface area contributed by atoms with Crippen molar-refractivity contribution in [2.45, 2.75) is 45.4 Å². The quantitative estimate of drug-likeness (QED) is 0.935. The summed E-state index contributed by atoms with van der Waals surface area (Å²) in [6.07, 6.45) is 2.65. The van der Waals surface area contributed by atoms with E-state index in [0.717, 1.165) is 31.4 Å². The highest BCUT2D eigenvalue weighted by molar-refractivity contribution is 5.54. The molecule has 0 atom stereocenters. The lowest BCUT2D eigenvalue weighted by Gasteiger charge is -2.20. The number of nitrogens with one attached hydrogen (secondary N) is 1. The summed E-state index contributed by atoms with van der Waals surface area (Å²) >= 11 is 0. The topological polar surface area (TPSA) is 33.1 Å². The first-order valence-electron chi connectivity index (χ1n) is 7.80. The minimum atomic E-state index is 0.730. The van der Waals surface area contributed by atoms with Crippen LogP contribution in [-0.2, 0) is 26.7 Å². The average molecular weight is 282 g/mol. The molecular weight excluding hydrogens is 260 g/mol. The molecular formula is C17H22N4. The van der Waals surface area contributed by atoms with Gasteiger partial charge in [0, 0.05) is 38.3 Å². The second-order valence-corrected chi connectivity index (χ2v) is 6.29. The van der Waals surface area contributed by atoms with E-state index >= 15 is 0 Å². The van der Waals surface area contributed by atoms with Crippen LogP contribution in [0.25, 0.3) is 0 Å². The third-order valence-electron chi connectivity index (χ3n) is 4.60. The Labute approximate surface area is 125 Å². The summed E-state index contributed by atoms with van der Waals surface area (Å²) in [7, 11) is 2.06. The fourth-order valence-electron chi connectivity index (χ4n) is 3.31. The number of hydrogen-bond acceptors (Lipinski definition) is 3. The van der Waals surface area contributed by atoms with Gasteiger partial charge in [-0.15, -0.1) is 0 Å². The third-order valence-corrected chi connectivity index (χ3v) is 4.60. The largest absolute Gasteiger partial charge is 0.348 e. The molecule has 0 spiro atoms. The Bertz CT molecular complexity index is 644. The molecule has 0 amide bonds. The lowest BCUT2D eigenvalue weighted by Crippen LogP contribution is -2.22. The van der Waals surface area contributed by atoms with E-state index in [1.165, 1.54) is 35.3 Å². The summed E-state index contributed by atoms with van der Waals surface area (Å²) in [6.45, 7) is 5.04. The summed E-state index contributed by atoms with van der Waals surface area (Å²) in [5, 5.41) is 8.28. The zero-order chi connectivity index (χ0) is 14.4. The second-order valence-electron chi connectivity index (χ2n) is 6.29. The van der Waals surface area contributed by atoms with Crippen LogP contribution in [0.4, 0.5) is 5.82 Å². The maximum atomic E-state index is 4.65. The molecule has 1 aliphatic heterocycles. The van der Waals surface area contributed by atoms with Gasteiger partial charge in [0.15, 0.2) is 0 Å². The minimum absolute atomic E-state index is 0.730. The number of fused-ring (bicyclic) bond motifs is 1. The first kappa shape index (κ1) is 12.9. The van der Waals surface area contributed by atoms with Gasteiger partial charge in [-0.1, -0.05) is 24.3 Å². The van der Waals surface area contributed by atoms with Crippen LogP contribution in [0.15, 0.2) is 24.3 Å². The van der Waals surface area contributed by atoms with E-state index in [1.807, 2.05) is 4.68 Å².